The first kappa shape index (κ1) is 14.4. The van der Waals surface area contributed by atoms with Crippen LogP contribution in [-0.4, -0.2) is 18.4 Å². The largest absolute Gasteiger partial charge is 0.465 e. The molecule has 2 aromatic rings. The standard InChI is InChI=1S/C17H13BrO2/c1-20-17(19)15-11-5-9-14(10-6-12-18)16(15)13-7-3-2-4-8-13/h2-5,7-9,11H,12H2,1H3. The molecule has 0 saturated carbocycles. The maximum absolute atomic E-state index is 12.0. The average Bonchev–Trinajstić information content (AvgIpc) is 2.52. The fourth-order valence-corrected chi connectivity index (χ4v) is 2.12. The third kappa shape index (κ3) is 3.09. The molecule has 0 spiro atoms. The minimum absolute atomic E-state index is 0.355. The van der Waals surface area contributed by atoms with E-state index < -0.39 is 0 Å². The van der Waals surface area contributed by atoms with E-state index in [4.69, 9.17) is 4.74 Å². The van der Waals surface area contributed by atoms with E-state index in [2.05, 4.69) is 27.8 Å². The smallest absolute Gasteiger partial charge is 0.338 e. The molecule has 100 valence electrons. The molecule has 0 N–H and O–H groups in total. The predicted octanol–water partition coefficient (Wildman–Crippen LogP) is 3.89. The fraction of sp³-hybridized carbons (Fsp3) is 0.118. The number of hydrogen-bond donors (Lipinski definition) is 0. The quantitative estimate of drug-likeness (QED) is 0.475. The molecule has 20 heavy (non-hydrogen) atoms. The third-order valence-corrected chi connectivity index (χ3v) is 3.10. The van der Waals surface area contributed by atoms with E-state index in [0.29, 0.717) is 10.9 Å². The molecule has 0 unspecified atom stereocenters. The molecule has 0 heterocycles. The van der Waals surface area contributed by atoms with Gasteiger partial charge in [0.1, 0.15) is 0 Å². The van der Waals surface area contributed by atoms with Gasteiger partial charge in [-0.05, 0) is 17.7 Å². The highest BCUT2D eigenvalue weighted by Gasteiger charge is 2.15. The molecule has 0 amide bonds. The maximum Gasteiger partial charge on any atom is 0.338 e. The lowest BCUT2D eigenvalue weighted by Gasteiger charge is -2.10. The number of carbonyl (C=O) groups is 1. The van der Waals surface area contributed by atoms with Crippen molar-refractivity contribution in [3.8, 4) is 23.0 Å². The summed E-state index contributed by atoms with van der Waals surface area (Å²) < 4.78 is 4.86. The molecule has 0 aliphatic heterocycles. The highest BCUT2D eigenvalue weighted by Crippen LogP contribution is 2.28. The molecule has 0 aliphatic rings. The lowest BCUT2D eigenvalue weighted by Crippen LogP contribution is -2.05. The lowest BCUT2D eigenvalue weighted by molar-refractivity contribution is 0.0601. The van der Waals surface area contributed by atoms with Crippen molar-refractivity contribution in [2.75, 3.05) is 12.4 Å². The Kier molecular flexibility index (Phi) is 4.97. The van der Waals surface area contributed by atoms with Crippen LogP contribution in [0.4, 0.5) is 0 Å². The molecular formula is C17H13BrO2. The summed E-state index contributed by atoms with van der Waals surface area (Å²) in [5, 5.41) is 0.587. The second kappa shape index (κ2) is 6.93. The third-order valence-electron chi connectivity index (χ3n) is 2.82. The van der Waals surface area contributed by atoms with Gasteiger partial charge < -0.3 is 4.74 Å². The Labute approximate surface area is 126 Å². The second-order valence-corrected chi connectivity index (χ2v) is 4.58. The van der Waals surface area contributed by atoms with Crippen LogP contribution in [0.15, 0.2) is 48.5 Å². The van der Waals surface area contributed by atoms with E-state index >= 15 is 0 Å². The lowest BCUT2D eigenvalue weighted by atomic mass is 9.94. The van der Waals surface area contributed by atoms with E-state index in [-0.39, 0.29) is 5.97 Å². The molecule has 0 radical (unpaired) electrons. The van der Waals surface area contributed by atoms with Crippen molar-refractivity contribution < 1.29 is 9.53 Å². The Morgan fingerprint density at radius 3 is 2.55 bits per heavy atom. The molecule has 0 aromatic heterocycles. The van der Waals surface area contributed by atoms with Crippen LogP contribution in [0.1, 0.15) is 15.9 Å². The van der Waals surface area contributed by atoms with E-state index in [0.717, 1.165) is 16.7 Å². The number of halogens is 1. The molecule has 0 aliphatic carbocycles. The Morgan fingerprint density at radius 1 is 1.15 bits per heavy atom. The zero-order valence-corrected chi connectivity index (χ0v) is 12.6. The van der Waals surface area contributed by atoms with E-state index in [9.17, 15) is 4.79 Å². The van der Waals surface area contributed by atoms with Crippen molar-refractivity contribution in [2.45, 2.75) is 0 Å². The number of ether oxygens (including phenoxy) is 1. The number of carbonyl (C=O) groups excluding carboxylic acids is 1. The zero-order chi connectivity index (χ0) is 14.4. The van der Waals surface area contributed by atoms with Crippen molar-refractivity contribution >= 4 is 21.9 Å². The van der Waals surface area contributed by atoms with Gasteiger partial charge in [0.2, 0.25) is 0 Å². The van der Waals surface area contributed by atoms with E-state index in [1.807, 2.05) is 42.5 Å². The van der Waals surface area contributed by atoms with Crippen LogP contribution in [0.25, 0.3) is 11.1 Å². The Hall–Kier alpha value is -2.05. The van der Waals surface area contributed by atoms with E-state index in [1.54, 1.807) is 6.07 Å². The summed E-state index contributed by atoms with van der Waals surface area (Å²) in [6, 6.07) is 15.2. The van der Waals surface area contributed by atoms with Crippen LogP contribution < -0.4 is 0 Å². The topological polar surface area (TPSA) is 26.3 Å². The summed E-state index contributed by atoms with van der Waals surface area (Å²) in [4.78, 5) is 12.0. The first-order valence-corrected chi connectivity index (χ1v) is 7.21. The van der Waals surface area contributed by atoms with Crippen molar-refractivity contribution in [1.29, 1.82) is 0 Å². The summed E-state index contributed by atoms with van der Waals surface area (Å²) in [5.74, 6) is 5.69. The van der Waals surface area contributed by atoms with Gasteiger partial charge in [0.25, 0.3) is 0 Å². The van der Waals surface area contributed by atoms with Crippen molar-refractivity contribution in [3.05, 3.63) is 59.7 Å². The van der Waals surface area contributed by atoms with Gasteiger partial charge in [-0.25, -0.2) is 4.79 Å². The number of methoxy groups -OCH3 is 1. The molecular weight excluding hydrogens is 316 g/mol. The van der Waals surface area contributed by atoms with Crippen LogP contribution in [0.2, 0.25) is 0 Å². The SMILES string of the molecule is COC(=O)c1cccc(C#CCBr)c1-c1ccccc1. The zero-order valence-electron chi connectivity index (χ0n) is 11.0. The van der Waals surface area contributed by atoms with Gasteiger partial charge in [-0.15, -0.1) is 0 Å². The van der Waals surface area contributed by atoms with Crippen molar-refractivity contribution in [1.82, 2.24) is 0 Å². The maximum atomic E-state index is 12.0. The van der Waals surface area contributed by atoms with Gasteiger partial charge in [-0.1, -0.05) is 64.2 Å². The fourth-order valence-electron chi connectivity index (χ4n) is 1.98. The minimum atomic E-state index is -0.355. The predicted molar refractivity (Wildman–Crippen MR) is 83.9 cm³/mol. The number of alkyl halides is 1. The van der Waals surface area contributed by atoms with Gasteiger partial charge in [0.05, 0.1) is 18.0 Å². The first-order chi connectivity index (χ1) is 9.77. The molecule has 2 rings (SSSR count). The van der Waals surface area contributed by atoms with Gasteiger partial charge in [0.15, 0.2) is 0 Å². The van der Waals surface area contributed by atoms with Gasteiger partial charge in [-0.3, -0.25) is 0 Å². The van der Waals surface area contributed by atoms with Crippen molar-refractivity contribution in [3.63, 3.8) is 0 Å². The van der Waals surface area contributed by atoms with Crippen LogP contribution in [0, 0.1) is 11.8 Å². The Bertz CT molecular complexity index is 666. The van der Waals surface area contributed by atoms with Crippen LogP contribution >= 0.6 is 15.9 Å². The first-order valence-electron chi connectivity index (χ1n) is 6.09. The van der Waals surface area contributed by atoms with Crippen molar-refractivity contribution in [2.24, 2.45) is 0 Å². The molecule has 3 heteroatoms. The number of hydrogen-bond acceptors (Lipinski definition) is 2. The van der Waals surface area contributed by atoms with Gasteiger partial charge >= 0.3 is 5.97 Å². The monoisotopic (exact) mass is 328 g/mol. The molecule has 2 aromatic carbocycles. The summed E-state index contributed by atoms with van der Waals surface area (Å²) in [6.07, 6.45) is 0. The number of esters is 1. The van der Waals surface area contributed by atoms with Gasteiger partial charge in [-0.2, -0.15) is 0 Å². The number of rotatable bonds is 2. The molecule has 0 fully saturated rings. The number of benzene rings is 2. The highest BCUT2D eigenvalue weighted by atomic mass is 79.9. The summed E-state index contributed by atoms with van der Waals surface area (Å²) in [5.41, 5.74) is 3.11. The van der Waals surface area contributed by atoms with Crippen LogP contribution in [-0.2, 0) is 4.74 Å². The molecule has 0 saturated heterocycles. The summed E-state index contributed by atoms with van der Waals surface area (Å²) >= 11 is 3.28. The normalized spacial score (nSPS) is 9.50. The van der Waals surface area contributed by atoms with Crippen LogP contribution in [0.5, 0.6) is 0 Å². The molecule has 0 bridgehead atoms. The Morgan fingerprint density at radius 2 is 1.90 bits per heavy atom. The summed E-state index contributed by atoms with van der Waals surface area (Å²) in [7, 11) is 1.38. The minimum Gasteiger partial charge on any atom is -0.465 e. The van der Waals surface area contributed by atoms with E-state index in [1.165, 1.54) is 7.11 Å². The second-order valence-electron chi connectivity index (χ2n) is 4.02. The van der Waals surface area contributed by atoms with Gasteiger partial charge in [0, 0.05) is 11.1 Å². The summed E-state index contributed by atoms with van der Waals surface area (Å²) in [6.45, 7) is 0. The molecule has 2 nitrogen and oxygen atoms in total. The molecule has 0 atom stereocenters. The highest BCUT2D eigenvalue weighted by molar-refractivity contribution is 9.09. The van der Waals surface area contributed by atoms with Crippen LogP contribution in [0.3, 0.4) is 0 Å². The Balaban J connectivity index is 2.68. The average molecular weight is 329 g/mol.